The number of benzene rings is 1. The van der Waals surface area contributed by atoms with Crippen LogP contribution in [-0.4, -0.2) is 75.7 Å². The number of hydrogen-bond donors (Lipinski definition) is 1. The van der Waals surface area contributed by atoms with E-state index >= 15 is 0 Å². The second-order valence-corrected chi connectivity index (χ2v) is 6.50. The van der Waals surface area contributed by atoms with Crippen molar-refractivity contribution >= 4 is 11.6 Å². The lowest BCUT2D eigenvalue weighted by Crippen LogP contribution is -2.44. The third-order valence-corrected chi connectivity index (χ3v) is 4.88. The van der Waals surface area contributed by atoms with Crippen LogP contribution in [0.2, 0.25) is 0 Å². The zero-order valence-corrected chi connectivity index (χ0v) is 14.5. The summed E-state index contributed by atoms with van der Waals surface area (Å²) in [6, 6.07) is 8.64. The first-order valence-corrected chi connectivity index (χ1v) is 8.75. The predicted octanol–water partition coefficient (Wildman–Crippen LogP) is 1.26. The molecule has 126 valence electrons. The molecule has 0 saturated carbocycles. The summed E-state index contributed by atoms with van der Waals surface area (Å²) in [5.74, 6) is 1.00. The van der Waals surface area contributed by atoms with Gasteiger partial charge in [-0.2, -0.15) is 0 Å². The van der Waals surface area contributed by atoms with Crippen LogP contribution in [0.3, 0.4) is 0 Å². The van der Waals surface area contributed by atoms with E-state index in [2.05, 4.69) is 56.3 Å². The molecule has 2 heterocycles. The highest BCUT2D eigenvalue weighted by atomic mass is 15.3. The van der Waals surface area contributed by atoms with Crippen LogP contribution >= 0.6 is 0 Å². The zero-order chi connectivity index (χ0) is 16.1. The van der Waals surface area contributed by atoms with Crippen LogP contribution in [0.5, 0.6) is 0 Å². The van der Waals surface area contributed by atoms with Crippen LogP contribution in [-0.2, 0) is 6.42 Å². The van der Waals surface area contributed by atoms with Crippen molar-refractivity contribution in [2.24, 2.45) is 4.99 Å². The van der Waals surface area contributed by atoms with Crippen LogP contribution in [0.4, 0.5) is 5.69 Å². The molecule has 2 aliphatic rings. The molecule has 0 amide bonds. The van der Waals surface area contributed by atoms with Gasteiger partial charge in [0.05, 0.1) is 0 Å². The van der Waals surface area contributed by atoms with Crippen LogP contribution in [0.15, 0.2) is 29.3 Å². The first-order chi connectivity index (χ1) is 11.3. The number of guanidine groups is 1. The molecule has 1 aromatic carbocycles. The third kappa shape index (κ3) is 4.03. The van der Waals surface area contributed by atoms with Gasteiger partial charge in [-0.05, 0) is 44.6 Å². The topological polar surface area (TPSA) is 34.1 Å². The maximum atomic E-state index is 4.49. The monoisotopic (exact) mass is 315 g/mol. The zero-order valence-electron chi connectivity index (χ0n) is 14.5. The van der Waals surface area contributed by atoms with E-state index in [4.69, 9.17) is 0 Å². The summed E-state index contributed by atoms with van der Waals surface area (Å²) < 4.78 is 0. The Morgan fingerprint density at radius 2 is 2.00 bits per heavy atom. The fourth-order valence-corrected chi connectivity index (χ4v) is 3.50. The van der Waals surface area contributed by atoms with Gasteiger partial charge in [-0.1, -0.05) is 18.2 Å². The molecule has 5 heteroatoms. The number of nitrogens with one attached hydrogen (secondary N) is 1. The van der Waals surface area contributed by atoms with Gasteiger partial charge in [0.1, 0.15) is 0 Å². The normalized spacial score (nSPS) is 20.4. The summed E-state index contributed by atoms with van der Waals surface area (Å²) in [5.41, 5.74) is 2.73. The lowest BCUT2D eigenvalue weighted by molar-refractivity contribution is 0.280. The number of likely N-dealkylation sites (N-methyl/N-ethyl adjacent to an activating group) is 1. The van der Waals surface area contributed by atoms with Gasteiger partial charge < -0.3 is 20.0 Å². The number of nitrogens with zero attached hydrogens (tertiary/aromatic N) is 4. The predicted molar refractivity (Wildman–Crippen MR) is 97.4 cm³/mol. The Bertz CT molecular complexity index is 542. The molecule has 0 aromatic heterocycles. The van der Waals surface area contributed by atoms with E-state index < -0.39 is 0 Å². The molecular formula is C18H29N5. The standard InChI is InChI=1S/C18H29N5/c1-19-18(23-12-8-16-6-3-4-7-17(16)23)20-9-13-22-11-5-10-21(2)14-15-22/h3-4,6-7H,5,8-15H2,1-2H3,(H,19,20). The SMILES string of the molecule is CN=C(NCCN1CCCN(C)CC1)N1CCc2ccccc21. The van der Waals surface area contributed by atoms with Gasteiger partial charge in [0, 0.05) is 45.5 Å². The Labute approximate surface area is 140 Å². The van der Waals surface area contributed by atoms with Crippen LogP contribution in [0, 0.1) is 0 Å². The van der Waals surface area contributed by atoms with Crippen molar-refractivity contribution in [2.75, 3.05) is 64.8 Å². The van der Waals surface area contributed by atoms with E-state index in [9.17, 15) is 0 Å². The highest BCUT2D eigenvalue weighted by molar-refractivity contribution is 5.97. The maximum Gasteiger partial charge on any atom is 0.198 e. The third-order valence-electron chi connectivity index (χ3n) is 4.88. The lowest BCUT2D eigenvalue weighted by Gasteiger charge is -2.25. The fourth-order valence-electron chi connectivity index (χ4n) is 3.50. The summed E-state index contributed by atoms with van der Waals surface area (Å²) in [4.78, 5) is 11.8. The number of fused-ring (bicyclic) bond motifs is 1. The van der Waals surface area contributed by atoms with E-state index in [1.54, 1.807) is 0 Å². The molecule has 5 nitrogen and oxygen atoms in total. The second-order valence-electron chi connectivity index (χ2n) is 6.50. The van der Waals surface area contributed by atoms with E-state index in [0.717, 1.165) is 32.0 Å². The van der Waals surface area contributed by atoms with Crippen molar-refractivity contribution in [3.63, 3.8) is 0 Å². The van der Waals surface area contributed by atoms with Crippen LogP contribution in [0.25, 0.3) is 0 Å². The smallest absolute Gasteiger partial charge is 0.198 e. The molecule has 0 radical (unpaired) electrons. The molecule has 3 rings (SSSR count). The van der Waals surface area contributed by atoms with E-state index in [1.807, 2.05) is 7.05 Å². The van der Waals surface area contributed by atoms with Gasteiger partial charge in [0.25, 0.3) is 0 Å². The Balaban J connectivity index is 1.51. The average Bonchev–Trinajstić information content (AvgIpc) is 2.89. The minimum atomic E-state index is 0.953. The largest absolute Gasteiger partial charge is 0.355 e. The first kappa shape index (κ1) is 16.3. The van der Waals surface area contributed by atoms with Crippen molar-refractivity contribution in [2.45, 2.75) is 12.8 Å². The summed E-state index contributed by atoms with van der Waals surface area (Å²) in [7, 11) is 4.10. The Hall–Kier alpha value is -1.59. The molecule has 0 atom stereocenters. The highest BCUT2D eigenvalue weighted by Gasteiger charge is 2.22. The Morgan fingerprint density at radius 1 is 1.13 bits per heavy atom. The van der Waals surface area contributed by atoms with Gasteiger partial charge in [0.2, 0.25) is 0 Å². The molecule has 0 bridgehead atoms. The van der Waals surface area contributed by atoms with Gasteiger partial charge >= 0.3 is 0 Å². The van der Waals surface area contributed by atoms with Gasteiger partial charge in [0.15, 0.2) is 5.96 Å². The summed E-state index contributed by atoms with van der Waals surface area (Å²) >= 11 is 0. The van der Waals surface area contributed by atoms with E-state index in [-0.39, 0.29) is 0 Å². The first-order valence-electron chi connectivity index (χ1n) is 8.75. The van der Waals surface area contributed by atoms with E-state index in [1.165, 1.54) is 43.9 Å². The average molecular weight is 315 g/mol. The van der Waals surface area contributed by atoms with Crippen molar-refractivity contribution in [3.05, 3.63) is 29.8 Å². The molecule has 1 N–H and O–H groups in total. The molecular weight excluding hydrogens is 286 g/mol. The van der Waals surface area contributed by atoms with Gasteiger partial charge in [-0.25, -0.2) is 0 Å². The molecule has 1 fully saturated rings. The Morgan fingerprint density at radius 3 is 2.87 bits per heavy atom. The Kier molecular flexibility index (Phi) is 5.51. The molecule has 1 saturated heterocycles. The van der Waals surface area contributed by atoms with Crippen LogP contribution in [0.1, 0.15) is 12.0 Å². The number of rotatable bonds is 3. The van der Waals surface area contributed by atoms with Gasteiger partial charge in [-0.3, -0.25) is 4.99 Å². The summed E-state index contributed by atoms with van der Waals surface area (Å²) in [6.07, 6.45) is 2.38. The summed E-state index contributed by atoms with van der Waals surface area (Å²) in [6.45, 7) is 7.83. The lowest BCUT2D eigenvalue weighted by atomic mass is 10.2. The molecule has 0 aliphatic carbocycles. The molecule has 2 aliphatic heterocycles. The molecule has 1 aromatic rings. The quantitative estimate of drug-likeness (QED) is 0.673. The second kappa shape index (κ2) is 7.79. The van der Waals surface area contributed by atoms with Gasteiger partial charge in [-0.15, -0.1) is 0 Å². The minimum Gasteiger partial charge on any atom is -0.355 e. The van der Waals surface area contributed by atoms with Crippen molar-refractivity contribution in [3.8, 4) is 0 Å². The van der Waals surface area contributed by atoms with Crippen molar-refractivity contribution < 1.29 is 0 Å². The number of para-hydroxylation sites is 1. The number of anilines is 1. The number of hydrogen-bond acceptors (Lipinski definition) is 3. The molecule has 0 unspecified atom stereocenters. The van der Waals surface area contributed by atoms with Crippen molar-refractivity contribution in [1.82, 2.24) is 15.1 Å². The molecule has 23 heavy (non-hydrogen) atoms. The molecule has 0 spiro atoms. The summed E-state index contributed by atoms with van der Waals surface area (Å²) in [5, 5.41) is 3.55. The number of aliphatic imine (C=N–C) groups is 1. The van der Waals surface area contributed by atoms with Crippen molar-refractivity contribution in [1.29, 1.82) is 0 Å². The highest BCUT2D eigenvalue weighted by Crippen LogP contribution is 2.27. The maximum absolute atomic E-state index is 4.49. The fraction of sp³-hybridized carbons (Fsp3) is 0.611. The van der Waals surface area contributed by atoms with E-state index in [0.29, 0.717) is 0 Å². The van der Waals surface area contributed by atoms with Crippen LogP contribution < -0.4 is 10.2 Å². The minimum absolute atomic E-state index is 0.953.